The quantitative estimate of drug-likeness (QED) is 0.0261. The Morgan fingerprint density at radius 3 is 0.784 bits per heavy atom. The number of ether oxygens (including phenoxy) is 3. The number of unbranched alkanes of at least 4 members (excludes halogenated alkanes) is 35. The van der Waals surface area contributed by atoms with Crippen LogP contribution in [0.25, 0.3) is 0 Å². The Bertz CT molecular complexity index is 1370. The molecule has 1 unspecified atom stereocenters. The molecule has 0 spiro atoms. The summed E-state index contributed by atoms with van der Waals surface area (Å²) in [5.41, 5.74) is 0. The minimum absolute atomic E-state index is 0.0847. The van der Waals surface area contributed by atoms with Crippen molar-refractivity contribution in [1.82, 2.24) is 0 Å². The summed E-state index contributed by atoms with van der Waals surface area (Å²) in [6.45, 7) is 6.59. The molecular formula is C68H120O6. The summed E-state index contributed by atoms with van der Waals surface area (Å²) >= 11 is 0. The van der Waals surface area contributed by atoms with Crippen molar-refractivity contribution in [1.29, 1.82) is 0 Å². The van der Waals surface area contributed by atoms with Gasteiger partial charge in [0.2, 0.25) is 0 Å². The van der Waals surface area contributed by atoms with Gasteiger partial charge >= 0.3 is 17.9 Å². The smallest absolute Gasteiger partial charge is 0.306 e. The summed E-state index contributed by atoms with van der Waals surface area (Å²) < 4.78 is 16.9. The molecule has 0 aromatic carbocycles. The number of rotatable bonds is 58. The highest BCUT2D eigenvalue weighted by Gasteiger charge is 2.19. The Morgan fingerprint density at radius 2 is 0.486 bits per heavy atom. The van der Waals surface area contributed by atoms with E-state index in [0.29, 0.717) is 19.3 Å². The lowest BCUT2D eigenvalue weighted by atomic mass is 10.0. The molecule has 0 aromatic heterocycles. The number of hydrogen-bond acceptors (Lipinski definition) is 6. The first-order valence-electron chi connectivity index (χ1n) is 31.9. The maximum absolute atomic E-state index is 12.9. The average Bonchev–Trinajstić information content (AvgIpc) is 3.40. The standard InChI is InChI=1S/C68H120O6/c1-4-7-10-13-16-19-22-25-28-30-31-32-33-34-35-36-37-38-41-43-46-49-52-55-58-61-67(70)73-64-65(63-72-66(69)60-57-54-51-48-45-42-39-27-24-21-18-15-12-9-6-3)74-68(71)62-59-56-53-50-47-44-40-29-26-23-20-17-14-11-8-5-2/h18,20-23,25,27,29-31,39-40,65H,4-17,19,24,26,28,32-38,41-64H2,1-3H3/b21-18-,23-20-,25-22-,31-30-,39-27-,40-29-. The molecule has 1 atom stereocenters. The molecule has 0 saturated heterocycles. The second kappa shape index (κ2) is 62.4. The highest BCUT2D eigenvalue weighted by atomic mass is 16.6. The van der Waals surface area contributed by atoms with Gasteiger partial charge < -0.3 is 14.2 Å². The van der Waals surface area contributed by atoms with Gasteiger partial charge in [0.1, 0.15) is 13.2 Å². The highest BCUT2D eigenvalue weighted by Crippen LogP contribution is 2.16. The summed E-state index contributed by atoms with van der Waals surface area (Å²) in [7, 11) is 0. The van der Waals surface area contributed by atoms with Gasteiger partial charge in [0, 0.05) is 19.3 Å². The van der Waals surface area contributed by atoms with Crippen LogP contribution in [0.5, 0.6) is 0 Å². The third kappa shape index (κ3) is 59.7. The summed E-state index contributed by atoms with van der Waals surface area (Å²) in [6.07, 6.45) is 80.5. The molecule has 0 N–H and O–H groups in total. The van der Waals surface area contributed by atoms with Crippen LogP contribution in [0, 0.1) is 0 Å². The van der Waals surface area contributed by atoms with Crippen LogP contribution in [0.15, 0.2) is 72.9 Å². The predicted octanol–water partition coefficient (Wildman–Crippen LogP) is 21.7. The normalized spacial score (nSPS) is 12.5. The van der Waals surface area contributed by atoms with Crippen LogP contribution in [0.2, 0.25) is 0 Å². The van der Waals surface area contributed by atoms with Crippen molar-refractivity contribution < 1.29 is 28.6 Å². The van der Waals surface area contributed by atoms with Gasteiger partial charge in [-0.25, -0.2) is 0 Å². The molecule has 0 aromatic rings. The van der Waals surface area contributed by atoms with E-state index in [4.69, 9.17) is 14.2 Å². The maximum Gasteiger partial charge on any atom is 0.306 e. The summed E-state index contributed by atoms with van der Waals surface area (Å²) in [6, 6.07) is 0. The van der Waals surface area contributed by atoms with Gasteiger partial charge in [0.15, 0.2) is 6.10 Å². The van der Waals surface area contributed by atoms with Crippen LogP contribution < -0.4 is 0 Å². The minimum Gasteiger partial charge on any atom is -0.462 e. The van der Waals surface area contributed by atoms with Gasteiger partial charge in [-0.3, -0.25) is 14.4 Å². The molecule has 428 valence electrons. The van der Waals surface area contributed by atoms with E-state index in [1.54, 1.807) is 0 Å². The Morgan fingerprint density at radius 1 is 0.270 bits per heavy atom. The van der Waals surface area contributed by atoms with Crippen LogP contribution >= 0.6 is 0 Å². The van der Waals surface area contributed by atoms with Crippen molar-refractivity contribution in [3.63, 3.8) is 0 Å². The largest absolute Gasteiger partial charge is 0.462 e. The zero-order chi connectivity index (χ0) is 53.6. The summed E-state index contributed by atoms with van der Waals surface area (Å²) in [5, 5.41) is 0. The van der Waals surface area contributed by atoms with Crippen LogP contribution in [0.4, 0.5) is 0 Å². The van der Waals surface area contributed by atoms with Crippen molar-refractivity contribution in [2.24, 2.45) is 0 Å². The number of carbonyl (C=O) groups is 3. The number of carbonyl (C=O) groups excluding carboxylic acids is 3. The minimum atomic E-state index is -0.790. The van der Waals surface area contributed by atoms with Crippen LogP contribution in [0.1, 0.15) is 323 Å². The predicted molar refractivity (Wildman–Crippen MR) is 321 cm³/mol. The van der Waals surface area contributed by atoms with E-state index in [0.717, 1.165) is 109 Å². The van der Waals surface area contributed by atoms with E-state index in [1.165, 1.54) is 173 Å². The zero-order valence-electron chi connectivity index (χ0n) is 49.1. The molecule has 6 heteroatoms. The van der Waals surface area contributed by atoms with E-state index < -0.39 is 6.10 Å². The first-order chi connectivity index (χ1) is 36.5. The molecular weight excluding hydrogens is 913 g/mol. The Labute approximate surface area is 459 Å². The molecule has 0 aliphatic heterocycles. The van der Waals surface area contributed by atoms with E-state index >= 15 is 0 Å². The van der Waals surface area contributed by atoms with Crippen molar-refractivity contribution in [3.05, 3.63) is 72.9 Å². The van der Waals surface area contributed by atoms with E-state index in [1.807, 2.05) is 0 Å². The fourth-order valence-electron chi connectivity index (χ4n) is 9.06. The Balaban J connectivity index is 4.32. The van der Waals surface area contributed by atoms with E-state index in [9.17, 15) is 14.4 Å². The van der Waals surface area contributed by atoms with Crippen LogP contribution in [0.3, 0.4) is 0 Å². The van der Waals surface area contributed by atoms with E-state index in [-0.39, 0.29) is 31.1 Å². The number of allylic oxidation sites excluding steroid dienone is 12. The molecule has 0 aliphatic carbocycles. The molecule has 0 heterocycles. The molecule has 6 nitrogen and oxygen atoms in total. The van der Waals surface area contributed by atoms with Crippen molar-refractivity contribution in [2.75, 3.05) is 13.2 Å². The van der Waals surface area contributed by atoms with Gasteiger partial charge in [-0.2, -0.15) is 0 Å². The van der Waals surface area contributed by atoms with Crippen LogP contribution in [-0.2, 0) is 28.6 Å². The monoisotopic (exact) mass is 1030 g/mol. The first-order valence-corrected chi connectivity index (χ1v) is 31.9. The van der Waals surface area contributed by atoms with Gasteiger partial charge in [-0.1, -0.05) is 261 Å². The van der Waals surface area contributed by atoms with Crippen LogP contribution in [-0.4, -0.2) is 37.2 Å². The Kier molecular flexibility index (Phi) is 59.7. The van der Waals surface area contributed by atoms with Gasteiger partial charge in [-0.15, -0.1) is 0 Å². The first kappa shape index (κ1) is 70.8. The topological polar surface area (TPSA) is 78.9 Å². The molecule has 0 fully saturated rings. The Hall–Kier alpha value is -3.15. The zero-order valence-corrected chi connectivity index (χ0v) is 49.1. The lowest BCUT2D eigenvalue weighted by molar-refractivity contribution is -0.167. The van der Waals surface area contributed by atoms with Crippen molar-refractivity contribution in [3.8, 4) is 0 Å². The fraction of sp³-hybridized carbons (Fsp3) is 0.779. The molecule has 74 heavy (non-hydrogen) atoms. The third-order valence-corrected chi connectivity index (χ3v) is 13.9. The van der Waals surface area contributed by atoms with Crippen molar-refractivity contribution >= 4 is 17.9 Å². The van der Waals surface area contributed by atoms with E-state index in [2.05, 4.69) is 93.7 Å². The average molecular weight is 1030 g/mol. The van der Waals surface area contributed by atoms with Gasteiger partial charge in [0.25, 0.3) is 0 Å². The van der Waals surface area contributed by atoms with Gasteiger partial charge in [-0.05, 0) is 116 Å². The third-order valence-electron chi connectivity index (χ3n) is 13.9. The second-order valence-corrected chi connectivity index (χ2v) is 21.3. The SMILES string of the molecule is CCCCC/C=C\C/C=C\CCCCCCCC(=O)OCC(COC(=O)CCCCCCCCCCCCCCC/C=C\C/C=C\CCCCCCC)OC(=O)CCCCCCC/C=C\C/C=C\CCCCCC. The lowest BCUT2D eigenvalue weighted by Gasteiger charge is -2.18. The lowest BCUT2D eigenvalue weighted by Crippen LogP contribution is -2.30. The molecule has 0 saturated carbocycles. The molecule has 0 bridgehead atoms. The summed E-state index contributed by atoms with van der Waals surface area (Å²) in [5.74, 6) is -0.901. The second-order valence-electron chi connectivity index (χ2n) is 21.3. The molecule has 0 aliphatic rings. The van der Waals surface area contributed by atoms with Crippen molar-refractivity contribution in [2.45, 2.75) is 329 Å². The maximum atomic E-state index is 12.9. The number of hydrogen-bond donors (Lipinski definition) is 0. The molecule has 0 rings (SSSR count). The molecule has 0 radical (unpaired) electrons. The molecule has 0 amide bonds. The highest BCUT2D eigenvalue weighted by molar-refractivity contribution is 5.71. The van der Waals surface area contributed by atoms with Gasteiger partial charge in [0.05, 0.1) is 0 Å². The summed E-state index contributed by atoms with van der Waals surface area (Å²) in [4.78, 5) is 38.3. The fourth-order valence-corrected chi connectivity index (χ4v) is 9.06. The number of esters is 3.